The quantitative estimate of drug-likeness (QED) is 0.454. The fourth-order valence-electron chi connectivity index (χ4n) is 3.12. The zero-order chi connectivity index (χ0) is 22.7. The molecule has 4 aromatic rings. The van der Waals surface area contributed by atoms with Crippen LogP contribution in [0.2, 0.25) is 0 Å². The second-order valence-electron chi connectivity index (χ2n) is 7.56. The van der Waals surface area contributed by atoms with Gasteiger partial charge in [-0.3, -0.25) is 4.98 Å². The highest BCUT2D eigenvalue weighted by molar-refractivity contribution is 7.92. The van der Waals surface area contributed by atoms with Crippen LogP contribution in [0.1, 0.15) is 19.4 Å². The van der Waals surface area contributed by atoms with Crippen LogP contribution in [0, 0.1) is 0 Å². The minimum atomic E-state index is -3.33. The van der Waals surface area contributed by atoms with Crippen molar-refractivity contribution < 1.29 is 12.8 Å². The van der Waals surface area contributed by atoms with Crippen molar-refractivity contribution in [1.29, 1.82) is 0 Å². The number of aromatic nitrogens is 4. The first kappa shape index (κ1) is 21.8. The average Bonchev–Trinajstić information content (AvgIpc) is 3.30. The summed E-state index contributed by atoms with van der Waals surface area (Å²) in [7, 11) is -3.33. The SMILES string of the molecule is CC(C)S(=O)(=O)c1ccc(-c2cncc(-c3nnc(-c4ccc(CCN)cc4)o3)n2)cc1. The van der Waals surface area contributed by atoms with E-state index in [0.717, 1.165) is 23.1 Å². The van der Waals surface area contributed by atoms with E-state index in [1.54, 1.807) is 50.5 Å². The van der Waals surface area contributed by atoms with Gasteiger partial charge in [-0.15, -0.1) is 10.2 Å². The van der Waals surface area contributed by atoms with Crippen LogP contribution in [0.25, 0.3) is 34.3 Å². The van der Waals surface area contributed by atoms with Gasteiger partial charge in [0.05, 0.1) is 28.2 Å². The summed E-state index contributed by atoms with van der Waals surface area (Å²) in [6, 6.07) is 14.4. The number of sulfone groups is 1. The van der Waals surface area contributed by atoms with Crippen LogP contribution in [0.15, 0.2) is 70.2 Å². The van der Waals surface area contributed by atoms with Crippen LogP contribution in [0.3, 0.4) is 0 Å². The molecule has 0 aliphatic rings. The van der Waals surface area contributed by atoms with Crippen LogP contribution >= 0.6 is 0 Å². The van der Waals surface area contributed by atoms with Gasteiger partial charge in [0.25, 0.3) is 5.89 Å². The third-order valence-electron chi connectivity index (χ3n) is 5.01. The first-order valence-electron chi connectivity index (χ1n) is 10.2. The Kier molecular flexibility index (Phi) is 6.11. The Balaban J connectivity index is 1.59. The van der Waals surface area contributed by atoms with Crippen molar-refractivity contribution in [3.8, 4) is 34.3 Å². The molecule has 2 N–H and O–H groups in total. The fraction of sp³-hybridized carbons (Fsp3) is 0.217. The van der Waals surface area contributed by atoms with Gasteiger partial charge in [0.1, 0.15) is 5.69 Å². The Morgan fingerprint density at radius 1 is 0.875 bits per heavy atom. The molecule has 0 saturated carbocycles. The molecule has 4 rings (SSSR count). The van der Waals surface area contributed by atoms with Gasteiger partial charge in [-0.05, 0) is 56.6 Å². The van der Waals surface area contributed by atoms with Gasteiger partial charge in [-0.1, -0.05) is 24.3 Å². The van der Waals surface area contributed by atoms with Gasteiger partial charge in [0, 0.05) is 11.1 Å². The number of hydrogen-bond donors (Lipinski definition) is 1. The van der Waals surface area contributed by atoms with Crippen molar-refractivity contribution in [2.45, 2.75) is 30.4 Å². The molecule has 0 radical (unpaired) electrons. The van der Waals surface area contributed by atoms with Crippen molar-refractivity contribution in [2.24, 2.45) is 5.73 Å². The highest BCUT2D eigenvalue weighted by Crippen LogP contribution is 2.26. The Bertz CT molecular complexity index is 1310. The zero-order valence-electron chi connectivity index (χ0n) is 17.8. The molecular formula is C23H23N5O3S. The predicted octanol–water partition coefficient (Wildman–Crippen LogP) is 3.54. The molecule has 8 nitrogen and oxygen atoms in total. The Hall–Kier alpha value is -3.43. The Labute approximate surface area is 186 Å². The summed E-state index contributed by atoms with van der Waals surface area (Å²) in [5, 5.41) is 7.74. The first-order chi connectivity index (χ1) is 15.4. The van der Waals surface area contributed by atoms with Gasteiger partial charge in [-0.2, -0.15) is 0 Å². The molecule has 2 heterocycles. The van der Waals surface area contributed by atoms with E-state index in [9.17, 15) is 8.42 Å². The van der Waals surface area contributed by atoms with Crippen LogP contribution in [0.4, 0.5) is 0 Å². The molecule has 0 spiro atoms. The number of hydrogen-bond acceptors (Lipinski definition) is 8. The molecule has 32 heavy (non-hydrogen) atoms. The Morgan fingerprint density at radius 3 is 2.16 bits per heavy atom. The van der Waals surface area contributed by atoms with E-state index in [0.29, 0.717) is 23.8 Å². The van der Waals surface area contributed by atoms with Crippen molar-refractivity contribution in [3.05, 3.63) is 66.5 Å². The molecule has 0 atom stereocenters. The second kappa shape index (κ2) is 8.97. The normalized spacial score (nSPS) is 11.8. The lowest BCUT2D eigenvalue weighted by Crippen LogP contribution is -2.13. The lowest BCUT2D eigenvalue weighted by molar-refractivity contribution is 0.581. The zero-order valence-corrected chi connectivity index (χ0v) is 18.6. The molecule has 9 heteroatoms. The molecular weight excluding hydrogens is 426 g/mol. The monoisotopic (exact) mass is 449 g/mol. The Morgan fingerprint density at radius 2 is 1.50 bits per heavy atom. The third kappa shape index (κ3) is 4.44. The molecule has 0 aliphatic heterocycles. The van der Waals surface area contributed by atoms with E-state index >= 15 is 0 Å². The maximum atomic E-state index is 12.3. The largest absolute Gasteiger partial charge is 0.415 e. The van der Waals surface area contributed by atoms with Gasteiger partial charge in [0.2, 0.25) is 5.89 Å². The first-order valence-corrected chi connectivity index (χ1v) is 11.7. The lowest BCUT2D eigenvalue weighted by atomic mass is 10.1. The van der Waals surface area contributed by atoms with Gasteiger partial charge >= 0.3 is 0 Å². The molecule has 0 aliphatic carbocycles. The molecule has 0 saturated heterocycles. The number of nitrogens with zero attached hydrogens (tertiary/aromatic N) is 4. The predicted molar refractivity (Wildman–Crippen MR) is 121 cm³/mol. The van der Waals surface area contributed by atoms with Crippen LogP contribution in [0.5, 0.6) is 0 Å². The highest BCUT2D eigenvalue weighted by atomic mass is 32.2. The van der Waals surface area contributed by atoms with Crippen molar-refractivity contribution in [3.63, 3.8) is 0 Å². The minimum absolute atomic E-state index is 0.249. The van der Waals surface area contributed by atoms with Gasteiger partial charge in [0.15, 0.2) is 9.84 Å². The molecule has 2 aromatic carbocycles. The summed E-state index contributed by atoms with van der Waals surface area (Å²) in [6.45, 7) is 3.91. The van der Waals surface area contributed by atoms with E-state index < -0.39 is 15.1 Å². The second-order valence-corrected chi connectivity index (χ2v) is 10.1. The maximum Gasteiger partial charge on any atom is 0.268 e. The lowest BCUT2D eigenvalue weighted by Gasteiger charge is -2.08. The summed E-state index contributed by atoms with van der Waals surface area (Å²) in [5.41, 5.74) is 9.27. The minimum Gasteiger partial charge on any atom is -0.415 e. The van der Waals surface area contributed by atoms with Crippen LogP contribution < -0.4 is 5.73 Å². The molecule has 0 amide bonds. The van der Waals surface area contributed by atoms with Crippen molar-refractivity contribution >= 4 is 9.84 Å². The fourth-order valence-corrected chi connectivity index (χ4v) is 4.18. The van der Waals surface area contributed by atoms with Crippen molar-refractivity contribution in [1.82, 2.24) is 20.2 Å². The van der Waals surface area contributed by atoms with Gasteiger partial charge < -0.3 is 10.2 Å². The average molecular weight is 450 g/mol. The molecule has 164 valence electrons. The number of nitrogens with two attached hydrogens (primary N) is 1. The summed E-state index contributed by atoms with van der Waals surface area (Å²) in [6.07, 6.45) is 3.95. The van der Waals surface area contributed by atoms with E-state index in [-0.39, 0.29) is 10.8 Å². The number of rotatable bonds is 7. The van der Waals surface area contributed by atoms with Crippen LogP contribution in [-0.4, -0.2) is 40.4 Å². The summed E-state index contributed by atoms with van der Waals surface area (Å²) < 4.78 is 30.5. The van der Waals surface area contributed by atoms with E-state index in [1.165, 1.54) is 0 Å². The number of benzene rings is 2. The van der Waals surface area contributed by atoms with E-state index in [2.05, 4.69) is 20.2 Å². The molecule has 2 aromatic heterocycles. The standard InChI is InChI=1S/C23H23N5O3S/c1-15(2)32(29,30)19-9-7-17(8-10-19)20-13-25-14-21(26-20)23-28-27-22(31-23)18-5-3-16(4-6-18)11-12-24/h3-10,13-15H,11-12,24H2,1-2H3. The maximum absolute atomic E-state index is 12.3. The molecule has 0 bridgehead atoms. The summed E-state index contributed by atoms with van der Waals surface area (Å²) >= 11 is 0. The van der Waals surface area contributed by atoms with E-state index in [1.807, 2.05) is 24.3 Å². The smallest absolute Gasteiger partial charge is 0.268 e. The molecule has 0 fully saturated rings. The molecule has 0 unspecified atom stereocenters. The summed E-state index contributed by atoms with van der Waals surface area (Å²) in [5.74, 6) is 0.633. The third-order valence-corrected chi connectivity index (χ3v) is 7.18. The van der Waals surface area contributed by atoms with Crippen LogP contribution in [-0.2, 0) is 16.3 Å². The summed E-state index contributed by atoms with van der Waals surface area (Å²) in [4.78, 5) is 9.07. The topological polar surface area (TPSA) is 125 Å². The highest BCUT2D eigenvalue weighted by Gasteiger charge is 2.19. The van der Waals surface area contributed by atoms with Crippen molar-refractivity contribution in [2.75, 3.05) is 6.54 Å². The van der Waals surface area contributed by atoms with Gasteiger partial charge in [-0.25, -0.2) is 13.4 Å². The van der Waals surface area contributed by atoms with E-state index in [4.69, 9.17) is 10.2 Å².